The number of hydrogen-bond donors (Lipinski definition) is 0. The second kappa shape index (κ2) is 7.59. The van der Waals surface area contributed by atoms with Crippen molar-refractivity contribution < 1.29 is 14.3 Å². The van der Waals surface area contributed by atoms with Crippen LogP contribution >= 0.6 is 0 Å². The van der Waals surface area contributed by atoms with Gasteiger partial charge in [0.2, 0.25) is 5.91 Å². The Morgan fingerprint density at radius 3 is 2.35 bits per heavy atom. The van der Waals surface area contributed by atoms with Gasteiger partial charge in [0.25, 0.3) is 5.56 Å². The molecule has 0 radical (unpaired) electrons. The molecule has 26 heavy (non-hydrogen) atoms. The van der Waals surface area contributed by atoms with Crippen molar-refractivity contribution in [3.63, 3.8) is 0 Å². The summed E-state index contributed by atoms with van der Waals surface area (Å²) in [4.78, 5) is 26.9. The molecule has 0 spiro atoms. The number of carbonyl (C=O) groups excluding carboxylic acids is 1. The zero-order valence-corrected chi connectivity index (χ0v) is 15.3. The third kappa shape index (κ3) is 3.42. The first kappa shape index (κ1) is 18.0. The molecule has 1 fully saturated rings. The highest BCUT2D eigenvalue weighted by Crippen LogP contribution is 2.28. The van der Waals surface area contributed by atoms with E-state index in [9.17, 15) is 9.59 Å². The lowest BCUT2D eigenvalue weighted by molar-refractivity contribution is -0.133. The lowest BCUT2D eigenvalue weighted by Gasteiger charge is -2.22. The van der Waals surface area contributed by atoms with E-state index in [0.29, 0.717) is 11.4 Å². The predicted octanol–water partition coefficient (Wildman–Crippen LogP) is 2.11. The number of amides is 1. The minimum absolute atomic E-state index is 0.0806. The van der Waals surface area contributed by atoms with Gasteiger partial charge in [0.1, 0.15) is 17.5 Å². The quantitative estimate of drug-likeness (QED) is 0.819. The van der Waals surface area contributed by atoms with Crippen molar-refractivity contribution >= 4 is 5.91 Å². The van der Waals surface area contributed by atoms with E-state index in [-0.39, 0.29) is 11.5 Å². The summed E-state index contributed by atoms with van der Waals surface area (Å²) < 4.78 is 11.7. The molecule has 0 aliphatic carbocycles. The van der Waals surface area contributed by atoms with Gasteiger partial charge < -0.3 is 14.4 Å². The van der Waals surface area contributed by atoms with Crippen LogP contribution in [-0.2, 0) is 4.79 Å². The molecule has 0 saturated carbocycles. The summed E-state index contributed by atoms with van der Waals surface area (Å²) in [7, 11) is 3.09. The first-order valence-electron chi connectivity index (χ1n) is 8.66. The molecule has 1 aliphatic heterocycles. The van der Waals surface area contributed by atoms with Crippen LogP contribution < -0.4 is 15.0 Å². The molecule has 1 aliphatic rings. The summed E-state index contributed by atoms with van der Waals surface area (Å²) in [5.41, 5.74) is 0.923. The normalized spacial score (nSPS) is 15.0. The second-order valence-corrected chi connectivity index (χ2v) is 6.28. The number of carbonyl (C=O) groups is 1. The van der Waals surface area contributed by atoms with Gasteiger partial charge >= 0.3 is 0 Å². The van der Waals surface area contributed by atoms with Crippen molar-refractivity contribution in [3.05, 3.63) is 40.7 Å². The fourth-order valence-corrected chi connectivity index (χ4v) is 3.14. The van der Waals surface area contributed by atoms with E-state index < -0.39 is 6.04 Å². The minimum Gasteiger partial charge on any atom is -0.497 e. The number of ether oxygens (including phenoxy) is 2. The third-order valence-electron chi connectivity index (χ3n) is 4.65. The van der Waals surface area contributed by atoms with Crippen LogP contribution in [0.5, 0.6) is 11.5 Å². The molecule has 0 N–H and O–H groups in total. The van der Waals surface area contributed by atoms with Crippen LogP contribution in [0.4, 0.5) is 0 Å². The van der Waals surface area contributed by atoms with Crippen molar-refractivity contribution in [2.24, 2.45) is 0 Å². The maximum Gasteiger partial charge on any atom is 0.271 e. The van der Waals surface area contributed by atoms with E-state index in [0.717, 1.165) is 37.2 Å². The third-order valence-corrected chi connectivity index (χ3v) is 4.65. The average Bonchev–Trinajstić information content (AvgIpc) is 3.21. The van der Waals surface area contributed by atoms with Gasteiger partial charge in [0, 0.05) is 24.7 Å². The smallest absolute Gasteiger partial charge is 0.271 e. The Morgan fingerprint density at radius 1 is 1.12 bits per heavy atom. The van der Waals surface area contributed by atoms with Crippen LogP contribution in [0.3, 0.4) is 0 Å². The number of methoxy groups -OCH3 is 2. The summed E-state index contributed by atoms with van der Waals surface area (Å²) >= 11 is 0. The molecule has 0 bridgehead atoms. The Kier molecular flexibility index (Phi) is 5.25. The molecular weight excluding hydrogens is 334 g/mol. The fraction of sp³-hybridized carbons (Fsp3) is 0.421. The highest BCUT2D eigenvalue weighted by atomic mass is 16.5. The van der Waals surface area contributed by atoms with Crippen molar-refractivity contribution in [1.82, 2.24) is 14.7 Å². The zero-order chi connectivity index (χ0) is 18.7. The average molecular weight is 357 g/mol. The van der Waals surface area contributed by atoms with Gasteiger partial charge in [-0.3, -0.25) is 9.59 Å². The number of likely N-dealkylation sites (tertiary alicyclic amines) is 1. The first-order chi connectivity index (χ1) is 12.5. The number of rotatable bonds is 5. The number of hydrogen-bond acceptors (Lipinski definition) is 5. The highest BCUT2D eigenvalue weighted by Gasteiger charge is 2.26. The van der Waals surface area contributed by atoms with Crippen LogP contribution in [0.25, 0.3) is 11.3 Å². The van der Waals surface area contributed by atoms with Gasteiger partial charge in [-0.1, -0.05) is 0 Å². The highest BCUT2D eigenvalue weighted by molar-refractivity contribution is 5.80. The molecule has 1 amide bonds. The lowest BCUT2D eigenvalue weighted by Crippen LogP contribution is -2.38. The number of benzene rings is 1. The number of nitrogens with zero attached hydrogens (tertiary/aromatic N) is 3. The molecule has 0 unspecified atom stereocenters. The van der Waals surface area contributed by atoms with E-state index in [1.54, 1.807) is 18.9 Å². The van der Waals surface area contributed by atoms with Crippen molar-refractivity contribution in [2.45, 2.75) is 25.8 Å². The summed E-state index contributed by atoms with van der Waals surface area (Å²) in [6, 6.07) is 8.01. The summed E-state index contributed by atoms with van der Waals surface area (Å²) in [5.74, 6) is 1.01. The van der Waals surface area contributed by atoms with Crippen molar-refractivity contribution in [3.8, 4) is 22.8 Å². The monoisotopic (exact) mass is 357 g/mol. The zero-order valence-electron chi connectivity index (χ0n) is 15.3. The van der Waals surface area contributed by atoms with E-state index >= 15 is 0 Å². The van der Waals surface area contributed by atoms with Gasteiger partial charge in [-0.05, 0) is 44.0 Å². The van der Waals surface area contributed by atoms with Gasteiger partial charge in [-0.2, -0.15) is 5.10 Å². The lowest BCUT2D eigenvalue weighted by atomic mass is 10.1. The Bertz CT molecular complexity index is 839. The molecular formula is C19H23N3O4. The second-order valence-electron chi connectivity index (χ2n) is 6.28. The Morgan fingerprint density at radius 2 is 1.77 bits per heavy atom. The topological polar surface area (TPSA) is 73.7 Å². The fourth-order valence-electron chi connectivity index (χ4n) is 3.14. The standard InChI is InChI=1S/C19H23N3O4/c1-13(19(24)21-10-4-5-11-21)22-17(23)12-16(26-3)18(20-22)14-6-8-15(25-2)9-7-14/h6-9,12-13H,4-5,10-11H2,1-3H3/t13-/m0/s1. The molecule has 7 nitrogen and oxygen atoms in total. The van der Waals surface area contributed by atoms with Crippen LogP contribution in [0.15, 0.2) is 35.1 Å². The van der Waals surface area contributed by atoms with Gasteiger partial charge in [-0.25, -0.2) is 4.68 Å². The van der Waals surface area contributed by atoms with Crippen molar-refractivity contribution in [1.29, 1.82) is 0 Å². The maximum absolute atomic E-state index is 12.7. The molecule has 2 aromatic rings. The molecule has 3 rings (SSSR count). The van der Waals surface area contributed by atoms with Crippen LogP contribution in [-0.4, -0.2) is 47.9 Å². The molecule has 1 aromatic carbocycles. The molecule has 2 heterocycles. The van der Waals surface area contributed by atoms with Crippen LogP contribution in [0.1, 0.15) is 25.8 Å². The molecule has 7 heteroatoms. The maximum atomic E-state index is 12.7. The Balaban J connectivity index is 2.00. The van der Waals surface area contributed by atoms with E-state index in [4.69, 9.17) is 9.47 Å². The van der Waals surface area contributed by atoms with E-state index in [1.807, 2.05) is 24.3 Å². The number of aromatic nitrogens is 2. The van der Waals surface area contributed by atoms with Crippen LogP contribution in [0, 0.1) is 0 Å². The van der Waals surface area contributed by atoms with Crippen LogP contribution in [0.2, 0.25) is 0 Å². The summed E-state index contributed by atoms with van der Waals surface area (Å²) in [6.07, 6.45) is 2.00. The van der Waals surface area contributed by atoms with E-state index in [2.05, 4.69) is 5.10 Å². The Hall–Kier alpha value is -2.83. The minimum atomic E-state index is -0.663. The Labute approximate surface area is 152 Å². The largest absolute Gasteiger partial charge is 0.497 e. The molecule has 138 valence electrons. The molecule has 1 aromatic heterocycles. The molecule has 1 atom stereocenters. The first-order valence-corrected chi connectivity index (χ1v) is 8.66. The summed E-state index contributed by atoms with van der Waals surface area (Å²) in [6.45, 7) is 3.18. The van der Waals surface area contributed by atoms with Gasteiger partial charge in [-0.15, -0.1) is 0 Å². The predicted molar refractivity (Wildman–Crippen MR) is 97.6 cm³/mol. The molecule has 1 saturated heterocycles. The summed E-state index contributed by atoms with van der Waals surface area (Å²) in [5, 5.41) is 4.45. The van der Waals surface area contributed by atoms with Gasteiger partial charge in [0.05, 0.1) is 14.2 Å². The SMILES string of the molecule is COc1ccc(-c2nn([C@@H](C)C(=O)N3CCCC3)c(=O)cc2OC)cc1. The van der Waals surface area contributed by atoms with Gasteiger partial charge in [0.15, 0.2) is 5.75 Å². The van der Waals surface area contributed by atoms with E-state index in [1.165, 1.54) is 17.9 Å². The van der Waals surface area contributed by atoms with Crippen molar-refractivity contribution in [2.75, 3.05) is 27.3 Å².